The predicted molar refractivity (Wildman–Crippen MR) is 86.0 cm³/mol. The molecule has 2 aromatic rings. The number of aromatic nitrogens is 4. The molecule has 0 bridgehead atoms. The summed E-state index contributed by atoms with van der Waals surface area (Å²) in [6.07, 6.45) is 2.50. The first-order valence-corrected chi connectivity index (χ1v) is 7.77. The third kappa shape index (κ3) is 3.50. The van der Waals surface area contributed by atoms with Gasteiger partial charge < -0.3 is 5.32 Å². The van der Waals surface area contributed by atoms with Gasteiger partial charge in [-0.15, -0.1) is 0 Å². The molecule has 1 N–H and O–H groups in total. The highest BCUT2D eigenvalue weighted by Crippen LogP contribution is 2.18. The lowest BCUT2D eigenvalue weighted by molar-refractivity contribution is -0.124. The molecule has 120 valence electrons. The summed E-state index contributed by atoms with van der Waals surface area (Å²) >= 11 is 6.11. The van der Waals surface area contributed by atoms with Crippen LogP contribution in [0.4, 0.5) is 0 Å². The van der Waals surface area contributed by atoms with Crippen LogP contribution in [0.15, 0.2) is 12.3 Å². The van der Waals surface area contributed by atoms with Crippen molar-refractivity contribution < 1.29 is 4.79 Å². The number of hydrogen-bond acceptors (Lipinski definition) is 3. The summed E-state index contributed by atoms with van der Waals surface area (Å²) in [6, 6.07) is 1.58. The highest BCUT2D eigenvalue weighted by atomic mass is 35.5. The summed E-state index contributed by atoms with van der Waals surface area (Å²) in [5, 5.41) is 12.2. The Hall–Kier alpha value is -1.82. The van der Waals surface area contributed by atoms with E-state index >= 15 is 0 Å². The van der Waals surface area contributed by atoms with Gasteiger partial charge in [0.15, 0.2) is 0 Å². The number of rotatable bonds is 6. The topological polar surface area (TPSA) is 64.7 Å². The highest BCUT2D eigenvalue weighted by Gasteiger charge is 2.16. The van der Waals surface area contributed by atoms with E-state index in [9.17, 15) is 4.79 Å². The standard InChI is InChI=1S/C15H22ClN5O/c1-10-6-8-18-21(10)13(4)15(22)17-7-5-9-20-12(3)14(16)11(2)19-20/h6,8,13H,5,7,9H2,1-4H3,(H,17,22). The Kier molecular flexibility index (Phi) is 5.24. The maximum absolute atomic E-state index is 12.1. The second-order valence-electron chi connectivity index (χ2n) is 5.45. The largest absolute Gasteiger partial charge is 0.354 e. The molecule has 1 unspecified atom stereocenters. The second kappa shape index (κ2) is 6.96. The zero-order chi connectivity index (χ0) is 16.3. The molecule has 0 aliphatic carbocycles. The number of halogens is 1. The first-order valence-electron chi connectivity index (χ1n) is 7.39. The van der Waals surface area contributed by atoms with Crippen LogP contribution in [0.3, 0.4) is 0 Å². The Morgan fingerprint density at radius 3 is 2.68 bits per heavy atom. The predicted octanol–water partition coefficient (Wildman–Crippen LogP) is 2.43. The quantitative estimate of drug-likeness (QED) is 0.830. The molecule has 6 nitrogen and oxygen atoms in total. The van der Waals surface area contributed by atoms with E-state index in [2.05, 4.69) is 15.5 Å². The summed E-state index contributed by atoms with van der Waals surface area (Å²) in [4.78, 5) is 12.1. The fourth-order valence-electron chi connectivity index (χ4n) is 2.38. The van der Waals surface area contributed by atoms with E-state index in [-0.39, 0.29) is 11.9 Å². The molecular formula is C15H22ClN5O. The van der Waals surface area contributed by atoms with E-state index in [1.807, 2.05) is 38.4 Å². The minimum Gasteiger partial charge on any atom is -0.354 e. The maximum atomic E-state index is 12.1. The van der Waals surface area contributed by atoms with Gasteiger partial charge in [0, 0.05) is 25.0 Å². The highest BCUT2D eigenvalue weighted by molar-refractivity contribution is 6.31. The molecule has 2 rings (SSSR count). The van der Waals surface area contributed by atoms with Crippen molar-refractivity contribution in [3.8, 4) is 0 Å². The summed E-state index contributed by atoms with van der Waals surface area (Å²) in [5.41, 5.74) is 2.77. The van der Waals surface area contributed by atoms with Crippen LogP contribution in [-0.2, 0) is 11.3 Å². The van der Waals surface area contributed by atoms with Gasteiger partial charge in [-0.1, -0.05) is 11.6 Å². The maximum Gasteiger partial charge on any atom is 0.244 e. The number of nitrogens with zero attached hydrogens (tertiary/aromatic N) is 4. The average Bonchev–Trinajstić information content (AvgIpc) is 3.02. The molecule has 2 aromatic heterocycles. The van der Waals surface area contributed by atoms with E-state index in [0.717, 1.165) is 30.0 Å². The lowest BCUT2D eigenvalue weighted by Crippen LogP contribution is -2.33. The van der Waals surface area contributed by atoms with Crippen LogP contribution in [0.1, 0.15) is 36.5 Å². The molecule has 0 aliphatic heterocycles. The number of carbonyl (C=O) groups excluding carboxylic acids is 1. The molecule has 22 heavy (non-hydrogen) atoms. The smallest absolute Gasteiger partial charge is 0.244 e. The number of hydrogen-bond donors (Lipinski definition) is 1. The van der Waals surface area contributed by atoms with Crippen LogP contribution < -0.4 is 5.32 Å². The molecule has 7 heteroatoms. The van der Waals surface area contributed by atoms with E-state index in [1.165, 1.54) is 0 Å². The van der Waals surface area contributed by atoms with Crippen LogP contribution >= 0.6 is 11.6 Å². The molecule has 1 atom stereocenters. The van der Waals surface area contributed by atoms with E-state index < -0.39 is 0 Å². The Bertz CT molecular complexity index is 661. The summed E-state index contributed by atoms with van der Waals surface area (Å²) in [7, 11) is 0. The van der Waals surface area contributed by atoms with Crippen LogP contribution in [0, 0.1) is 20.8 Å². The molecule has 0 aliphatic rings. The van der Waals surface area contributed by atoms with Crippen LogP contribution in [0.2, 0.25) is 5.02 Å². The average molecular weight is 324 g/mol. The molecule has 0 spiro atoms. The van der Waals surface area contributed by atoms with Gasteiger partial charge in [-0.05, 0) is 40.2 Å². The van der Waals surface area contributed by atoms with Crippen molar-refractivity contribution in [3.63, 3.8) is 0 Å². The third-order valence-electron chi connectivity index (χ3n) is 3.75. The number of amides is 1. The lowest BCUT2D eigenvalue weighted by atomic mass is 10.3. The number of aryl methyl sites for hydroxylation is 3. The Labute approximate surface area is 135 Å². The van der Waals surface area contributed by atoms with E-state index in [1.54, 1.807) is 10.9 Å². The van der Waals surface area contributed by atoms with Crippen molar-refractivity contribution in [1.82, 2.24) is 24.9 Å². The second-order valence-corrected chi connectivity index (χ2v) is 5.82. The zero-order valence-electron chi connectivity index (χ0n) is 13.4. The Balaban J connectivity index is 1.80. The summed E-state index contributed by atoms with van der Waals surface area (Å²) < 4.78 is 3.60. The molecule has 0 saturated carbocycles. The van der Waals surface area contributed by atoms with Crippen molar-refractivity contribution in [3.05, 3.63) is 34.4 Å². The van der Waals surface area contributed by atoms with Crippen molar-refractivity contribution in [2.45, 2.75) is 46.7 Å². The van der Waals surface area contributed by atoms with Crippen LogP contribution in [-0.4, -0.2) is 32.0 Å². The molecule has 0 aromatic carbocycles. The molecule has 2 heterocycles. The number of nitrogens with one attached hydrogen (secondary N) is 1. The van der Waals surface area contributed by atoms with Crippen molar-refractivity contribution in [1.29, 1.82) is 0 Å². The van der Waals surface area contributed by atoms with Gasteiger partial charge in [0.2, 0.25) is 5.91 Å². The van der Waals surface area contributed by atoms with Crippen molar-refractivity contribution in [2.24, 2.45) is 0 Å². The summed E-state index contributed by atoms with van der Waals surface area (Å²) in [6.45, 7) is 8.94. The Morgan fingerprint density at radius 1 is 1.41 bits per heavy atom. The number of carbonyl (C=O) groups is 1. The monoisotopic (exact) mass is 323 g/mol. The van der Waals surface area contributed by atoms with Gasteiger partial charge in [0.25, 0.3) is 0 Å². The lowest BCUT2D eigenvalue weighted by Gasteiger charge is -2.14. The minimum absolute atomic E-state index is 0.0294. The van der Waals surface area contributed by atoms with Gasteiger partial charge in [-0.3, -0.25) is 14.2 Å². The van der Waals surface area contributed by atoms with E-state index in [4.69, 9.17) is 11.6 Å². The van der Waals surface area contributed by atoms with Gasteiger partial charge in [0.1, 0.15) is 6.04 Å². The zero-order valence-corrected chi connectivity index (χ0v) is 14.2. The first-order chi connectivity index (χ1) is 10.4. The Morgan fingerprint density at radius 2 is 2.14 bits per heavy atom. The molecule has 0 fully saturated rings. The van der Waals surface area contributed by atoms with Gasteiger partial charge >= 0.3 is 0 Å². The van der Waals surface area contributed by atoms with Gasteiger partial charge in [-0.25, -0.2) is 0 Å². The first kappa shape index (κ1) is 16.5. The summed E-state index contributed by atoms with van der Waals surface area (Å²) in [5.74, 6) is -0.0294. The third-order valence-corrected chi connectivity index (χ3v) is 4.30. The van der Waals surface area contributed by atoms with Gasteiger partial charge in [0.05, 0.1) is 16.4 Å². The molecule has 0 radical (unpaired) electrons. The van der Waals surface area contributed by atoms with Gasteiger partial charge in [-0.2, -0.15) is 10.2 Å². The molecule has 0 saturated heterocycles. The fraction of sp³-hybridized carbons (Fsp3) is 0.533. The van der Waals surface area contributed by atoms with Crippen LogP contribution in [0.5, 0.6) is 0 Å². The SMILES string of the molecule is Cc1nn(CCCNC(=O)C(C)n2nccc2C)c(C)c1Cl. The van der Waals surface area contributed by atoms with Crippen LogP contribution in [0.25, 0.3) is 0 Å². The van der Waals surface area contributed by atoms with E-state index in [0.29, 0.717) is 11.6 Å². The minimum atomic E-state index is -0.307. The van der Waals surface area contributed by atoms with Crippen molar-refractivity contribution >= 4 is 17.5 Å². The molecular weight excluding hydrogens is 302 g/mol. The van der Waals surface area contributed by atoms with Crippen molar-refractivity contribution in [2.75, 3.05) is 6.54 Å². The fourth-order valence-corrected chi connectivity index (χ4v) is 2.51. The normalized spacial score (nSPS) is 12.4. The molecule has 1 amide bonds.